The van der Waals surface area contributed by atoms with Crippen molar-refractivity contribution in [1.29, 1.82) is 0 Å². The summed E-state index contributed by atoms with van der Waals surface area (Å²) in [7, 11) is 3.34. The first-order chi connectivity index (χ1) is 21.1. The van der Waals surface area contributed by atoms with E-state index in [-0.39, 0.29) is 12.2 Å². The summed E-state index contributed by atoms with van der Waals surface area (Å²) >= 11 is 0. The summed E-state index contributed by atoms with van der Waals surface area (Å²) < 4.78 is 12.1. The number of carbonyl (C=O) groups excluding carboxylic acids is 1. The highest BCUT2D eigenvalue weighted by Crippen LogP contribution is 2.45. The van der Waals surface area contributed by atoms with Crippen LogP contribution in [0.15, 0.2) is 60.7 Å². The van der Waals surface area contributed by atoms with Gasteiger partial charge < -0.3 is 14.6 Å². The smallest absolute Gasteiger partial charge is 0.145 e. The Morgan fingerprint density at radius 1 is 0.667 bits per heavy atom. The van der Waals surface area contributed by atoms with Crippen LogP contribution >= 0.6 is 0 Å². The van der Waals surface area contributed by atoms with E-state index in [1.807, 2.05) is 52.0 Å². The lowest BCUT2D eigenvalue weighted by molar-refractivity contribution is -0.126. The summed E-state index contributed by atoms with van der Waals surface area (Å²) in [6.07, 6.45) is -0.976. The van der Waals surface area contributed by atoms with E-state index in [9.17, 15) is 9.90 Å². The molecule has 4 aromatic rings. The minimum Gasteiger partial charge on any atom is -0.496 e. The standard InChI is InChI=1S/C41H50O4/c1-24-19-26(3)36(27(4)20-24)30-15-13-17-32(38(30)44-11)40(7,8)34(42)23-35(43)41(9,10)33-18-14-16-31(39(33)45-12)37-28(5)21-25(2)22-29(37)6/h13-22,34,42H,23H2,1-12H3. The number of carbonyl (C=O) groups is 1. The van der Waals surface area contributed by atoms with E-state index in [0.717, 1.165) is 50.3 Å². The fourth-order valence-corrected chi connectivity index (χ4v) is 7.13. The molecule has 0 amide bonds. The van der Waals surface area contributed by atoms with Crippen LogP contribution in [0.2, 0.25) is 0 Å². The maximum absolute atomic E-state index is 14.2. The van der Waals surface area contributed by atoms with E-state index in [1.165, 1.54) is 22.3 Å². The minimum atomic E-state index is -0.954. The molecule has 0 saturated heterocycles. The first-order valence-electron chi connectivity index (χ1n) is 15.8. The third-order valence-corrected chi connectivity index (χ3v) is 9.61. The van der Waals surface area contributed by atoms with Gasteiger partial charge in [0.25, 0.3) is 0 Å². The van der Waals surface area contributed by atoms with Crippen LogP contribution in [0.1, 0.15) is 78.6 Å². The first-order valence-corrected chi connectivity index (χ1v) is 15.8. The van der Waals surface area contributed by atoms with Gasteiger partial charge in [-0.05, 0) is 88.8 Å². The molecule has 238 valence electrons. The van der Waals surface area contributed by atoms with Crippen LogP contribution in [0.3, 0.4) is 0 Å². The maximum atomic E-state index is 14.2. The Hall–Kier alpha value is -3.89. The number of rotatable bonds is 10. The van der Waals surface area contributed by atoms with Gasteiger partial charge in [-0.25, -0.2) is 0 Å². The number of aliphatic hydroxyl groups excluding tert-OH is 1. The zero-order chi connectivity index (χ0) is 33.4. The highest BCUT2D eigenvalue weighted by atomic mass is 16.5. The first kappa shape index (κ1) is 34.0. The number of aryl methyl sites for hydroxylation is 6. The number of hydrogen-bond acceptors (Lipinski definition) is 4. The number of ketones is 1. The van der Waals surface area contributed by atoms with Crippen molar-refractivity contribution in [2.45, 2.75) is 92.6 Å². The van der Waals surface area contributed by atoms with Gasteiger partial charge in [0, 0.05) is 34.1 Å². The Bertz CT molecular complexity index is 1690. The zero-order valence-electron chi connectivity index (χ0n) is 29.2. The number of para-hydroxylation sites is 2. The Balaban J connectivity index is 1.72. The summed E-state index contributed by atoms with van der Waals surface area (Å²) in [4.78, 5) is 14.2. The molecule has 0 aliphatic rings. The van der Waals surface area contributed by atoms with Gasteiger partial charge in [0.2, 0.25) is 0 Å². The van der Waals surface area contributed by atoms with Crippen molar-refractivity contribution in [3.63, 3.8) is 0 Å². The molecule has 0 radical (unpaired) electrons. The SMILES string of the molecule is COc1c(-c2c(C)cc(C)cc2C)cccc1C(C)(C)C(=O)CC(O)C(C)(C)c1cccc(-c2c(C)cc(C)cc2C)c1OC. The van der Waals surface area contributed by atoms with Gasteiger partial charge in [0.1, 0.15) is 17.3 Å². The molecule has 0 saturated carbocycles. The van der Waals surface area contributed by atoms with Gasteiger partial charge in [-0.2, -0.15) is 0 Å². The summed E-state index contributed by atoms with van der Waals surface area (Å²) in [5.74, 6) is 1.36. The molecule has 4 rings (SSSR count). The number of Topliss-reactive ketones (excluding diaryl/α,β-unsaturated/α-hetero) is 1. The third kappa shape index (κ3) is 6.31. The summed E-state index contributed by atoms with van der Waals surface area (Å²) in [5.41, 5.74) is 11.3. The Labute approximate surface area is 270 Å². The van der Waals surface area contributed by atoms with Crippen molar-refractivity contribution in [2.24, 2.45) is 0 Å². The number of hydrogen-bond donors (Lipinski definition) is 1. The molecule has 4 heteroatoms. The van der Waals surface area contributed by atoms with Gasteiger partial charge in [-0.3, -0.25) is 4.79 Å². The Morgan fingerprint density at radius 2 is 1.04 bits per heavy atom. The molecule has 45 heavy (non-hydrogen) atoms. The van der Waals surface area contributed by atoms with Crippen molar-refractivity contribution in [3.8, 4) is 33.8 Å². The number of aliphatic hydroxyl groups is 1. The molecule has 0 spiro atoms. The lowest BCUT2D eigenvalue weighted by atomic mass is 9.71. The van der Waals surface area contributed by atoms with Gasteiger partial charge in [-0.1, -0.05) is 85.6 Å². The van der Waals surface area contributed by atoms with E-state index < -0.39 is 16.9 Å². The average Bonchev–Trinajstić information content (AvgIpc) is 2.95. The molecule has 1 atom stereocenters. The van der Waals surface area contributed by atoms with Gasteiger partial charge in [-0.15, -0.1) is 0 Å². The van der Waals surface area contributed by atoms with Gasteiger partial charge >= 0.3 is 0 Å². The molecule has 0 fully saturated rings. The summed E-state index contributed by atoms with van der Waals surface area (Å²) in [6.45, 7) is 20.5. The zero-order valence-corrected chi connectivity index (χ0v) is 29.2. The molecular weight excluding hydrogens is 556 g/mol. The Morgan fingerprint density at radius 3 is 1.44 bits per heavy atom. The van der Waals surface area contributed by atoms with Crippen molar-refractivity contribution in [1.82, 2.24) is 0 Å². The second-order valence-electron chi connectivity index (χ2n) is 13.8. The molecule has 1 N–H and O–H groups in total. The minimum absolute atomic E-state index is 0.0219. The summed E-state index contributed by atoms with van der Waals surface area (Å²) in [5, 5.41) is 11.8. The second kappa shape index (κ2) is 12.8. The molecule has 0 bridgehead atoms. The number of methoxy groups -OCH3 is 2. The lowest BCUT2D eigenvalue weighted by Crippen LogP contribution is -2.40. The molecule has 4 nitrogen and oxygen atoms in total. The maximum Gasteiger partial charge on any atom is 0.145 e. The van der Waals surface area contributed by atoms with E-state index >= 15 is 0 Å². The molecule has 0 aromatic heterocycles. The van der Waals surface area contributed by atoms with Crippen molar-refractivity contribution in [3.05, 3.63) is 105 Å². The van der Waals surface area contributed by atoms with Crippen LogP contribution in [0, 0.1) is 41.5 Å². The largest absolute Gasteiger partial charge is 0.496 e. The third-order valence-electron chi connectivity index (χ3n) is 9.61. The van der Waals surface area contributed by atoms with E-state index in [0.29, 0.717) is 5.75 Å². The molecule has 0 aliphatic carbocycles. The lowest BCUT2D eigenvalue weighted by Gasteiger charge is -2.35. The van der Waals surface area contributed by atoms with Crippen LogP contribution in [0.4, 0.5) is 0 Å². The predicted octanol–water partition coefficient (Wildman–Crippen LogP) is 9.46. The molecule has 1 unspecified atom stereocenters. The highest BCUT2D eigenvalue weighted by molar-refractivity contribution is 5.92. The van der Waals surface area contributed by atoms with Crippen molar-refractivity contribution in [2.75, 3.05) is 14.2 Å². The summed E-state index contributed by atoms with van der Waals surface area (Å²) in [6, 6.07) is 20.8. The van der Waals surface area contributed by atoms with Crippen LogP contribution < -0.4 is 9.47 Å². The fraction of sp³-hybridized carbons (Fsp3) is 0.390. The van der Waals surface area contributed by atoms with E-state index in [2.05, 4.69) is 77.9 Å². The van der Waals surface area contributed by atoms with Gasteiger partial charge in [0.15, 0.2) is 0 Å². The molecule has 0 heterocycles. The molecule has 0 aliphatic heterocycles. The van der Waals surface area contributed by atoms with Crippen LogP contribution in [-0.2, 0) is 15.6 Å². The van der Waals surface area contributed by atoms with Crippen LogP contribution in [0.25, 0.3) is 22.3 Å². The topological polar surface area (TPSA) is 55.8 Å². The fourth-order valence-electron chi connectivity index (χ4n) is 7.13. The number of ether oxygens (including phenoxy) is 2. The van der Waals surface area contributed by atoms with Crippen LogP contribution in [0.5, 0.6) is 11.5 Å². The van der Waals surface area contributed by atoms with E-state index in [4.69, 9.17) is 9.47 Å². The quantitative estimate of drug-likeness (QED) is 0.195. The van der Waals surface area contributed by atoms with Crippen LogP contribution in [-0.4, -0.2) is 31.2 Å². The van der Waals surface area contributed by atoms with E-state index in [1.54, 1.807) is 14.2 Å². The predicted molar refractivity (Wildman–Crippen MR) is 187 cm³/mol. The molecular formula is C41H50O4. The molecule has 4 aromatic carbocycles. The van der Waals surface area contributed by atoms with Crippen molar-refractivity contribution >= 4 is 5.78 Å². The Kier molecular flexibility index (Phi) is 9.70. The second-order valence-corrected chi connectivity index (χ2v) is 13.8. The monoisotopic (exact) mass is 606 g/mol. The number of benzene rings is 4. The van der Waals surface area contributed by atoms with Gasteiger partial charge in [0.05, 0.1) is 25.7 Å². The average molecular weight is 607 g/mol. The highest BCUT2D eigenvalue weighted by Gasteiger charge is 2.40. The van der Waals surface area contributed by atoms with Crippen molar-refractivity contribution < 1.29 is 19.4 Å². The normalized spacial score (nSPS) is 12.6.